The number of para-hydroxylation sites is 2. The van der Waals surface area contributed by atoms with Crippen molar-refractivity contribution >= 4 is 38.6 Å². The van der Waals surface area contributed by atoms with Crippen LogP contribution in [0.5, 0.6) is 0 Å². The van der Waals surface area contributed by atoms with Crippen LogP contribution >= 0.6 is 0 Å². The fourth-order valence-corrected chi connectivity index (χ4v) is 6.93. The molecule has 1 saturated heterocycles. The lowest BCUT2D eigenvalue weighted by molar-refractivity contribution is 0.0940. The molecule has 5 aromatic rings. The van der Waals surface area contributed by atoms with Crippen LogP contribution in [0.1, 0.15) is 15.9 Å². The number of amides is 2. The van der Waals surface area contributed by atoms with Crippen LogP contribution in [0.15, 0.2) is 114 Å². The van der Waals surface area contributed by atoms with Gasteiger partial charge in [0.2, 0.25) is 10.0 Å². The van der Waals surface area contributed by atoms with Gasteiger partial charge in [-0.25, -0.2) is 18.2 Å². The van der Waals surface area contributed by atoms with Gasteiger partial charge in [-0.2, -0.15) is 9.31 Å². The van der Waals surface area contributed by atoms with Crippen molar-refractivity contribution in [1.29, 1.82) is 0 Å². The predicted octanol–water partition coefficient (Wildman–Crippen LogP) is 4.72. The summed E-state index contributed by atoms with van der Waals surface area (Å²) in [4.78, 5) is 38.5. The Morgan fingerprint density at radius 2 is 1.54 bits per heavy atom. The van der Waals surface area contributed by atoms with Crippen LogP contribution in [-0.4, -0.2) is 72.9 Å². The first-order valence-electron chi connectivity index (χ1n) is 14.7. The maximum absolute atomic E-state index is 14.3. The Balaban J connectivity index is 1.39. The number of fused-ring (bicyclic) bond motifs is 1. The Morgan fingerprint density at radius 3 is 2.22 bits per heavy atom. The Kier molecular flexibility index (Phi) is 9.01. The molecule has 0 unspecified atom stereocenters. The van der Waals surface area contributed by atoms with E-state index in [0.717, 1.165) is 10.6 Å². The van der Waals surface area contributed by atoms with Gasteiger partial charge in [0.1, 0.15) is 4.90 Å². The SMILES string of the molecule is COC(=O)N(NC(=O)c1c(CN2CCN(S(=O)(=O)c3cccnc3)CC2)c(-c2ccccc2)nc2ccccc12)c1ccccc1. The van der Waals surface area contributed by atoms with E-state index in [1.54, 1.807) is 36.4 Å². The minimum Gasteiger partial charge on any atom is -0.451 e. The number of rotatable bonds is 7. The molecule has 0 atom stereocenters. The second-order valence-electron chi connectivity index (χ2n) is 10.6. The summed E-state index contributed by atoms with van der Waals surface area (Å²) >= 11 is 0. The number of nitrogens with one attached hydrogen (secondary N) is 1. The summed E-state index contributed by atoms with van der Waals surface area (Å²) in [5.74, 6) is -0.516. The largest absolute Gasteiger partial charge is 0.451 e. The smallest absolute Gasteiger partial charge is 0.433 e. The van der Waals surface area contributed by atoms with Crippen molar-refractivity contribution in [3.63, 3.8) is 0 Å². The van der Waals surface area contributed by atoms with E-state index in [4.69, 9.17) is 9.72 Å². The summed E-state index contributed by atoms with van der Waals surface area (Å²) in [6.45, 7) is 1.71. The van der Waals surface area contributed by atoms with E-state index >= 15 is 0 Å². The third kappa shape index (κ3) is 6.31. The molecule has 0 radical (unpaired) electrons. The summed E-state index contributed by atoms with van der Waals surface area (Å²) in [7, 11) is -2.44. The Morgan fingerprint density at radius 1 is 0.870 bits per heavy atom. The number of carbonyl (C=O) groups is 2. The molecule has 2 aromatic heterocycles. The number of nitrogens with zero attached hydrogens (tertiary/aromatic N) is 5. The number of hydrazine groups is 1. The molecule has 46 heavy (non-hydrogen) atoms. The molecule has 3 aromatic carbocycles. The van der Waals surface area contributed by atoms with Crippen molar-refractivity contribution in [2.75, 3.05) is 38.3 Å². The second kappa shape index (κ2) is 13.4. The first-order valence-corrected chi connectivity index (χ1v) is 16.1. The average molecular weight is 637 g/mol. The number of carbonyl (C=O) groups excluding carboxylic acids is 2. The van der Waals surface area contributed by atoms with E-state index in [1.807, 2.05) is 60.7 Å². The molecule has 1 fully saturated rings. The third-order valence-corrected chi connectivity index (χ3v) is 9.72. The number of ether oxygens (including phenoxy) is 1. The molecular formula is C34H32N6O5S. The highest BCUT2D eigenvalue weighted by Crippen LogP contribution is 2.32. The van der Waals surface area contributed by atoms with Crippen LogP contribution in [0.2, 0.25) is 0 Å². The summed E-state index contributed by atoms with van der Waals surface area (Å²) in [5.41, 5.74) is 6.28. The van der Waals surface area contributed by atoms with Crippen LogP contribution in [0.4, 0.5) is 10.5 Å². The predicted molar refractivity (Wildman–Crippen MR) is 174 cm³/mol. The highest BCUT2D eigenvalue weighted by atomic mass is 32.2. The zero-order valence-electron chi connectivity index (χ0n) is 25.1. The van der Waals surface area contributed by atoms with Gasteiger partial charge in [0.25, 0.3) is 5.91 Å². The molecule has 0 bridgehead atoms. The van der Waals surface area contributed by atoms with E-state index in [-0.39, 0.29) is 18.0 Å². The molecular weight excluding hydrogens is 604 g/mol. The summed E-state index contributed by atoms with van der Waals surface area (Å²) < 4.78 is 32.9. The number of hydrogen-bond acceptors (Lipinski definition) is 8. The molecule has 2 amide bonds. The van der Waals surface area contributed by atoms with E-state index in [2.05, 4.69) is 15.3 Å². The van der Waals surface area contributed by atoms with Gasteiger partial charge in [-0.1, -0.05) is 66.7 Å². The van der Waals surface area contributed by atoms with E-state index in [9.17, 15) is 18.0 Å². The van der Waals surface area contributed by atoms with Crippen molar-refractivity contribution in [2.24, 2.45) is 0 Å². The standard InChI is InChI=1S/C34H32N6O5S/c1-45-34(42)40(26-13-6-3-7-14-26)37-33(41)31-28-16-8-9-17-30(28)36-32(25-11-4-2-5-12-25)29(31)24-38-19-21-39(22-20-38)46(43,44)27-15-10-18-35-23-27/h2-18,23H,19-22,24H2,1H3,(H,37,41). The van der Waals surface area contributed by atoms with Gasteiger partial charge in [-0.05, 0) is 30.3 Å². The second-order valence-corrected chi connectivity index (χ2v) is 12.6. The Hall–Kier alpha value is -5.17. The van der Waals surface area contributed by atoms with Gasteiger partial charge < -0.3 is 4.74 Å². The van der Waals surface area contributed by atoms with Crippen molar-refractivity contribution in [1.82, 2.24) is 24.6 Å². The van der Waals surface area contributed by atoms with E-state index in [1.165, 1.54) is 23.8 Å². The molecule has 1 aliphatic rings. The monoisotopic (exact) mass is 636 g/mol. The fourth-order valence-electron chi connectivity index (χ4n) is 5.54. The minimum atomic E-state index is -3.69. The molecule has 11 nitrogen and oxygen atoms in total. The van der Waals surface area contributed by atoms with Crippen molar-refractivity contribution in [2.45, 2.75) is 11.4 Å². The Labute approximate surface area is 267 Å². The maximum atomic E-state index is 14.3. The molecule has 0 saturated carbocycles. The van der Waals surface area contributed by atoms with Crippen LogP contribution in [-0.2, 0) is 21.3 Å². The fraction of sp³-hybridized carbons (Fsp3) is 0.176. The molecule has 12 heteroatoms. The lowest BCUT2D eigenvalue weighted by atomic mass is 9.95. The van der Waals surface area contributed by atoms with Crippen molar-refractivity contribution in [3.05, 3.63) is 121 Å². The number of anilines is 1. The van der Waals surface area contributed by atoms with E-state index < -0.39 is 22.0 Å². The molecule has 6 rings (SSSR count). The van der Waals surface area contributed by atoms with E-state index in [0.29, 0.717) is 53.0 Å². The van der Waals surface area contributed by atoms with Crippen molar-refractivity contribution < 1.29 is 22.7 Å². The summed E-state index contributed by atoms with van der Waals surface area (Å²) in [5, 5.41) is 1.69. The van der Waals surface area contributed by atoms with Crippen LogP contribution < -0.4 is 10.4 Å². The molecule has 0 aliphatic carbocycles. The van der Waals surface area contributed by atoms with Gasteiger partial charge in [0.15, 0.2) is 0 Å². The first-order chi connectivity index (χ1) is 22.4. The number of piperazine rings is 1. The number of aromatic nitrogens is 2. The first kappa shape index (κ1) is 30.8. The lowest BCUT2D eigenvalue weighted by Crippen LogP contribution is -2.49. The normalized spacial score (nSPS) is 14.1. The maximum Gasteiger partial charge on any atom is 0.433 e. The van der Waals surface area contributed by atoms with Crippen LogP contribution in [0.3, 0.4) is 0 Å². The van der Waals surface area contributed by atoms with Gasteiger partial charge >= 0.3 is 6.09 Å². The molecule has 3 heterocycles. The number of methoxy groups -OCH3 is 1. The molecule has 234 valence electrons. The summed E-state index contributed by atoms with van der Waals surface area (Å²) in [6, 6.07) is 28.8. The highest BCUT2D eigenvalue weighted by molar-refractivity contribution is 7.89. The number of pyridine rings is 2. The average Bonchev–Trinajstić information content (AvgIpc) is 3.11. The quantitative estimate of drug-likeness (QED) is 0.255. The van der Waals surface area contributed by atoms with Gasteiger partial charge in [-0.15, -0.1) is 0 Å². The zero-order valence-corrected chi connectivity index (χ0v) is 25.9. The molecule has 1 N–H and O–H groups in total. The molecule has 1 aliphatic heterocycles. The zero-order chi connectivity index (χ0) is 32.1. The minimum absolute atomic E-state index is 0.154. The van der Waals surface area contributed by atoms with Crippen LogP contribution in [0.25, 0.3) is 22.2 Å². The number of benzene rings is 3. The number of sulfonamides is 1. The van der Waals surface area contributed by atoms with Crippen LogP contribution in [0, 0.1) is 0 Å². The topological polar surface area (TPSA) is 125 Å². The van der Waals surface area contributed by atoms with Gasteiger partial charge in [0, 0.05) is 61.6 Å². The highest BCUT2D eigenvalue weighted by Gasteiger charge is 2.31. The number of hydrogen-bond donors (Lipinski definition) is 1. The lowest BCUT2D eigenvalue weighted by Gasteiger charge is -2.34. The summed E-state index contributed by atoms with van der Waals surface area (Å²) in [6.07, 6.45) is 2.14. The third-order valence-electron chi connectivity index (χ3n) is 7.84. The molecule has 0 spiro atoms. The van der Waals surface area contributed by atoms with Gasteiger partial charge in [-0.3, -0.25) is 20.1 Å². The Bertz CT molecular complexity index is 1950. The van der Waals surface area contributed by atoms with Crippen molar-refractivity contribution in [3.8, 4) is 11.3 Å². The van der Waals surface area contributed by atoms with Gasteiger partial charge in [0.05, 0.1) is 29.6 Å².